The lowest BCUT2D eigenvalue weighted by Gasteiger charge is -2.16. The van der Waals surface area contributed by atoms with Crippen molar-refractivity contribution in [2.24, 2.45) is 15.3 Å². The van der Waals surface area contributed by atoms with Crippen molar-refractivity contribution >= 4 is 29.5 Å². The number of rotatable bonds is 2. The van der Waals surface area contributed by atoms with Crippen LogP contribution in [0.3, 0.4) is 0 Å². The molecule has 18 heavy (non-hydrogen) atoms. The highest BCUT2D eigenvalue weighted by atomic mass is 32.1. The molecule has 2 rings (SSSR count). The molecule has 0 bridgehead atoms. The van der Waals surface area contributed by atoms with Crippen LogP contribution in [0.1, 0.15) is 5.56 Å². The predicted octanol–water partition coefficient (Wildman–Crippen LogP) is 1.82. The summed E-state index contributed by atoms with van der Waals surface area (Å²) >= 11 is 4.83. The molecule has 0 saturated carbocycles. The van der Waals surface area contributed by atoms with E-state index in [0.29, 0.717) is 5.56 Å². The first-order valence-corrected chi connectivity index (χ1v) is 5.31. The predicted molar refractivity (Wildman–Crippen MR) is 69.1 cm³/mol. The van der Waals surface area contributed by atoms with E-state index in [9.17, 15) is 9.90 Å². The van der Waals surface area contributed by atoms with Crippen LogP contribution in [0.2, 0.25) is 0 Å². The van der Waals surface area contributed by atoms with Crippen molar-refractivity contribution < 1.29 is 9.90 Å². The number of benzene rings is 1. The van der Waals surface area contributed by atoms with Crippen LogP contribution in [0.25, 0.3) is 0 Å². The van der Waals surface area contributed by atoms with Gasteiger partial charge in [-0.2, -0.15) is 10.1 Å². The van der Waals surface area contributed by atoms with Crippen LogP contribution >= 0.6 is 12.2 Å². The van der Waals surface area contributed by atoms with Gasteiger partial charge >= 0.3 is 5.91 Å². The van der Waals surface area contributed by atoms with Gasteiger partial charge in [0, 0.05) is 5.56 Å². The van der Waals surface area contributed by atoms with Gasteiger partial charge in [0.15, 0.2) is 0 Å². The van der Waals surface area contributed by atoms with Crippen LogP contribution < -0.4 is 0 Å². The minimum Gasteiger partial charge on any atom is -0.507 e. The second-order valence-electron chi connectivity index (χ2n) is 3.35. The van der Waals surface area contributed by atoms with Gasteiger partial charge in [-0.3, -0.25) is 4.79 Å². The fourth-order valence-corrected chi connectivity index (χ4v) is 1.39. The van der Waals surface area contributed by atoms with Gasteiger partial charge in [-0.05, 0) is 24.4 Å². The molecule has 1 aromatic rings. The molecule has 0 spiro atoms. The van der Waals surface area contributed by atoms with Crippen LogP contribution in [0.5, 0.6) is 5.75 Å². The minimum absolute atomic E-state index is 0.0435. The van der Waals surface area contributed by atoms with Crippen molar-refractivity contribution in [3.05, 3.63) is 42.1 Å². The molecule has 0 aromatic heterocycles. The number of nitrogens with zero attached hydrogens (tertiary/aromatic N) is 4. The molecule has 7 heteroatoms. The standard InChI is InChI=1S/C11H8N4O2S/c1-7-10(17)15(11(18)14-13-7)12-6-8-4-2-3-5-9(8)16/h2-6,16H,1H2/b12-6+. The van der Waals surface area contributed by atoms with Gasteiger partial charge in [0.25, 0.3) is 0 Å². The zero-order valence-electron chi connectivity index (χ0n) is 9.15. The van der Waals surface area contributed by atoms with Crippen LogP contribution in [0.15, 0.2) is 51.9 Å². The molecule has 90 valence electrons. The van der Waals surface area contributed by atoms with E-state index in [1.807, 2.05) is 0 Å². The molecule has 1 aliphatic rings. The third kappa shape index (κ3) is 2.30. The maximum Gasteiger partial charge on any atom is 0.300 e. The Hall–Kier alpha value is -2.41. The summed E-state index contributed by atoms with van der Waals surface area (Å²) in [6, 6.07) is 6.57. The summed E-state index contributed by atoms with van der Waals surface area (Å²) in [6.45, 7) is 3.42. The molecular formula is C11H8N4O2S. The monoisotopic (exact) mass is 260 g/mol. The second-order valence-corrected chi connectivity index (χ2v) is 3.71. The van der Waals surface area contributed by atoms with Crippen LogP contribution in [0.4, 0.5) is 0 Å². The lowest BCUT2D eigenvalue weighted by Crippen LogP contribution is -2.33. The summed E-state index contributed by atoms with van der Waals surface area (Å²) in [7, 11) is 0. The van der Waals surface area contributed by atoms with Gasteiger partial charge in [-0.25, -0.2) is 0 Å². The molecule has 0 saturated heterocycles. The number of hydrogen-bond acceptors (Lipinski definition) is 5. The first kappa shape index (κ1) is 12.1. The van der Waals surface area contributed by atoms with Crippen LogP contribution in [-0.4, -0.2) is 27.3 Å². The largest absolute Gasteiger partial charge is 0.507 e. The Morgan fingerprint density at radius 1 is 1.39 bits per heavy atom. The van der Waals surface area contributed by atoms with E-state index in [4.69, 9.17) is 12.2 Å². The van der Waals surface area contributed by atoms with Crippen molar-refractivity contribution in [1.82, 2.24) is 5.01 Å². The number of aromatic hydroxyl groups is 1. The number of para-hydroxylation sites is 1. The summed E-state index contributed by atoms with van der Waals surface area (Å²) in [5, 5.41) is 21.3. The number of amides is 1. The summed E-state index contributed by atoms with van der Waals surface area (Å²) in [6.07, 6.45) is 1.31. The van der Waals surface area contributed by atoms with Crippen molar-refractivity contribution in [3.63, 3.8) is 0 Å². The number of thiocarbonyl (C=S) groups is 1. The fraction of sp³-hybridized carbons (Fsp3) is 0. The number of phenolic OH excluding ortho intramolecular Hbond substituents is 1. The third-order valence-corrected chi connectivity index (χ3v) is 2.38. The Balaban J connectivity index is 2.26. The number of azo groups is 1. The van der Waals surface area contributed by atoms with Gasteiger partial charge in [-0.15, -0.1) is 10.2 Å². The quantitative estimate of drug-likeness (QED) is 0.500. The summed E-state index contributed by atoms with van der Waals surface area (Å²) in [5.74, 6) is -0.487. The topological polar surface area (TPSA) is 77.6 Å². The average molecular weight is 260 g/mol. The molecular weight excluding hydrogens is 252 g/mol. The zero-order valence-corrected chi connectivity index (χ0v) is 9.96. The van der Waals surface area contributed by atoms with Gasteiger partial charge in [-0.1, -0.05) is 18.7 Å². The Kier molecular flexibility index (Phi) is 3.24. The lowest BCUT2D eigenvalue weighted by molar-refractivity contribution is -0.123. The van der Waals surface area contributed by atoms with E-state index >= 15 is 0 Å². The second kappa shape index (κ2) is 4.84. The van der Waals surface area contributed by atoms with E-state index in [1.54, 1.807) is 18.2 Å². The molecule has 1 N–H and O–H groups in total. The highest BCUT2D eigenvalue weighted by Crippen LogP contribution is 2.15. The van der Waals surface area contributed by atoms with Gasteiger partial charge in [0.1, 0.15) is 11.4 Å². The van der Waals surface area contributed by atoms with Crippen LogP contribution in [0, 0.1) is 0 Å². The molecule has 0 atom stereocenters. The Morgan fingerprint density at radius 3 is 2.83 bits per heavy atom. The van der Waals surface area contributed by atoms with Crippen LogP contribution in [-0.2, 0) is 4.79 Å². The SMILES string of the molecule is C=C1N=NC(=S)N(/N=C/c2ccccc2O)C1=O. The first-order valence-electron chi connectivity index (χ1n) is 4.90. The molecule has 1 aliphatic heterocycles. The van der Waals surface area contributed by atoms with Crippen molar-refractivity contribution in [1.29, 1.82) is 0 Å². The number of carbonyl (C=O) groups is 1. The summed E-state index contributed by atoms with van der Waals surface area (Å²) < 4.78 is 0. The third-order valence-electron chi connectivity index (χ3n) is 2.13. The normalized spacial score (nSPS) is 15.8. The van der Waals surface area contributed by atoms with Gasteiger partial charge in [0.2, 0.25) is 5.11 Å². The lowest BCUT2D eigenvalue weighted by atomic mass is 10.2. The maximum atomic E-state index is 11.7. The maximum absolute atomic E-state index is 11.7. The molecule has 0 aliphatic carbocycles. The van der Waals surface area contributed by atoms with Crippen molar-refractivity contribution in [2.75, 3.05) is 0 Å². The van der Waals surface area contributed by atoms with E-state index < -0.39 is 5.91 Å². The molecule has 0 unspecified atom stereocenters. The number of hydrogen-bond donors (Lipinski definition) is 1. The smallest absolute Gasteiger partial charge is 0.300 e. The first-order chi connectivity index (χ1) is 8.59. The Labute approximate surface area is 108 Å². The molecule has 1 heterocycles. The number of hydrazone groups is 1. The molecule has 1 amide bonds. The van der Waals surface area contributed by atoms with Gasteiger partial charge < -0.3 is 5.11 Å². The van der Waals surface area contributed by atoms with Gasteiger partial charge in [0.05, 0.1) is 6.21 Å². The number of carbonyl (C=O) groups excluding carboxylic acids is 1. The summed E-state index contributed by atoms with van der Waals surface area (Å²) in [5.41, 5.74) is 0.416. The Bertz CT molecular complexity index is 594. The average Bonchev–Trinajstić information content (AvgIpc) is 2.36. The molecule has 6 nitrogen and oxygen atoms in total. The zero-order chi connectivity index (χ0) is 13.1. The van der Waals surface area contributed by atoms with E-state index in [2.05, 4.69) is 21.9 Å². The summed E-state index contributed by atoms with van der Waals surface area (Å²) in [4.78, 5) is 11.7. The molecule has 1 aromatic carbocycles. The van der Waals surface area contributed by atoms with Crippen molar-refractivity contribution in [3.8, 4) is 5.75 Å². The highest BCUT2D eigenvalue weighted by molar-refractivity contribution is 7.80. The molecule has 0 radical (unpaired) electrons. The van der Waals surface area contributed by atoms with E-state index in [-0.39, 0.29) is 16.6 Å². The minimum atomic E-state index is -0.540. The Morgan fingerprint density at radius 2 is 2.11 bits per heavy atom. The van der Waals surface area contributed by atoms with E-state index in [0.717, 1.165) is 5.01 Å². The van der Waals surface area contributed by atoms with E-state index in [1.165, 1.54) is 12.3 Å². The number of phenols is 1. The highest BCUT2D eigenvalue weighted by Gasteiger charge is 2.24. The molecule has 0 fully saturated rings. The van der Waals surface area contributed by atoms with Crippen molar-refractivity contribution in [2.45, 2.75) is 0 Å². The fourth-order valence-electron chi connectivity index (χ4n) is 1.22.